The van der Waals surface area contributed by atoms with Crippen LogP contribution in [0, 0.1) is 12.7 Å². The highest BCUT2D eigenvalue weighted by molar-refractivity contribution is 7.80. The molecule has 0 fully saturated rings. The fraction of sp³-hybridized carbons (Fsp3) is 0.0769. The molecule has 18 heavy (non-hydrogen) atoms. The lowest BCUT2D eigenvalue weighted by atomic mass is 10.2. The van der Waals surface area contributed by atoms with E-state index in [0.29, 0.717) is 17.1 Å². The van der Waals surface area contributed by atoms with Gasteiger partial charge in [0.2, 0.25) is 0 Å². The number of rotatable bonds is 3. The van der Waals surface area contributed by atoms with Gasteiger partial charge < -0.3 is 11.1 Å². The summed E-state index contributed by atoms with van der Waals surface area (Å²) in [4.78, 5) is 4.40. The normalized spacial score (nSPS) is 10.1. The molecule has 92 valence electrons. The second-order valence-corrected chi connectivity index (χ2v) is 4.34. The predicted molar refractivity (Wildman–Crippen MR) is 74.5 cm³/mol. The Hall–Kier alpha value is -2.01. The molecule has 0 atom stereocenters. The van der Waals surface area contributed by atoms with E-state index in [0.717, 1.165) is 5.56 Å². The molecular formula is C13H12FN3S. The van der Waals surface area contributed by atoms with Gasteiger partial charge in [0, 0.05) is 11.8 Å². The molecule has 0 spiro atoms. The minimum Gasteiger partial charge on any atom is -0.389 e. The van der Waals surface area contributed by atoms with Gasteiger partial charge in [-0.25, -0.2) is 9.37 Å². The molecule has 0 unspecified atom stereocenters. The van der Waals surface area contributed by atoms with Crippen LogP contribution in [0.5, 0.6) is 0 Å². The zero-order valence-electron chi connectivity index (χ0n) is 9.77. The molecule has 1 heterocycles. The first-order valence-electron chi connectivity index (χ1n) is 5.35. The first kappa shape index (κ1) is 12.4. The molecule has 5 heteroatoms. The van der Waals surface area contributed by atoms with Crippen molar-refractivity contribution >= 4 is 28.7 Å². The van der Waals surface area contributed by atoms with Gasteiger partial charge in [0.15, 0.2) is 0 Å². The number of thiocarbonyl (C=S) groups is 1. The summed E-state index contributed by atoms with van der Waals surface area (Å²) in [6, 6.07) is 8.41. The van der Waals surface area contributed by atoms with Crippen molar-refractivity contribution in [3.63, 3.8) is 0 Å². The number of nitrogens with one attached hydrogen (secondary N) is 1. The Morgan fingerprint density at radius 2 is 2.11 bits per heavy atom. The molecule has 0 aliphatic rings. The van der Waals surface area contributed by atoms with Crippen LogP contribution in [-0.4, -0.2) is 9.97 Å². The number of benzene rings is 1. The Morgan fingerprint density at radius 1 is 1.33 bits per heavy atom. The van der Waals surface area contributed by atoms with Crippen molar-refractivity contribution in [1.29, 1.82) is 0 Å². The second-order valence-electron chi connectivity index (χ2n) is 3.90. The minimum absolute atomic E-state index is 0.288. The van der Waals surface area contributed by atoms with Crippen molar-refractivity contribution in [1.82, 2.24) is 4.98 Å². The summed E-state index contributed by atoms with van der Waals surface area (Å²) in [6.07, 6.45) is 1.55. The molecule has 2 aromatic rings. The van der Waals surface area contributed by atoms with Crippen LogP contribution in [-0.2, 0) is 0 Å². The lowest BCUT2D eigenvalue weighted by Crippen LogP contribution is -2.09. The van der Waals surface area contributed by atoms with Crippen LogP contribution in [0.2, 0.25) is 0 Å². The number of hydrogen-bond acceptors (Lipinski definition) is 3. The van der Waals surface area contributed by atoms with Crippen LogP contribution < -0.4 is 11.1 Å². The first-order chi connectivity index (χ1) is 8.56. The average Bonchev–Trinajstić information content (AvgIpc) is 2.33. The summed E-state index contributed by atoms with van der Waals surface area (Å²) in [6.45, 7) is 1.84. The van der Waals surface area contributed by atoms with E-state index in [1.54, 1.807) is 24.4 Å². The van der Waals surface area contributed by atoms with Gasteiger partial charge in [-0.05, 0) is 36.8 Å². The van der Waals surface area contributed by atoms with Crippen LogP contribution in [0.3, 0.4) is 0 Å². The summed E-state index contributed by atoms with van der Waals surface area (Å²) < 4.78 is 13.6. The van der Waals surface area contributed by atoms with E-state index in [1.807, 2.05) is 13.0 Å². The number of hydrogen-bond donors (Lipinski definition) is 2. The molecule has 0 bridgehead atoms. The number of pyridine rings is 1. The molecule has 2 rings (SSSR count). The van der Waals surface area contributed by atoms with Gasteiger partial charge >= 0.3 is 0 Å². The van der Waals surface area contributed by atoms with Gasteiger partial charge in [-0.2, -0.15) is 0 Å². The smallest absolute Gasteiger partial charge is 0.146 e. The predicted octanol–water partition coefficient (Wildman–Crippen LogP) is 2.91. The Labute approximate surface area is 110 Å². The van der Waals surface area contributed by atoms with Crippen molar-refractivity contribution in [2.24, 2.45) is 5.73 Å². The minimum atomic E-state index is -0.310. The summed E-state index contributed by atoms with van der Waals surface area (Å²) in [7, 11) is 0. The topological polar surface area (TPSA) is 50.9 Å². The highest BCUT2D eigenvalue weighted by Crippen LogP contribution is 2.19. The molecule has 3 N–H and O–H groups in total. The average molecular weight is 261 g/mol. The van der Waals surface area contributed by atoms with E-state index >= 15 is 0 Å². The summed E-state index contributed by atoms with van der Waals surface area (Å²) in [5.41, 5.74) is 7.40. The van der Waals surface area contributed by atoms with E-state index in [-0.39, 0.29) is 10.8 Å². The molecule has 0 aliphatic heterocycles. The lowest BCUT2D eigenvalue weighted by Gasteiger charge is -2.07. The Morgan fingerprint density at radius 3 is 2.67 bits per heavy atom. The zero-order valence-corrected chi connectivity index (χ0v) is 10.6. The Kier molecular flexibility index (Phi) is 3.53. The van der Waals surface area contributed by atoms with E-state index in [1.165, 1.54) is 6.07 Å². The maximum absolute atomic E-state index is 13.6. The van der Waals surface area contributed by atoms with Crippen molar-refractivity contribution in [3.8, 4) is 0 Å². The van der Waals surface area contributed by atoms with Gasteiger partial charge in [0.1, 0.15) is 16.6 Å². The highest BCUT2D eigenvalue weighted by Gasteiger charge is 2.03. The number of nitrogens with two attached hydrogens (primary N) is 1. The third kappa shape index (κ3) is 2.81. The van der Waals surface area contributed by atoms with Gasteiger partial charge in [0.05, 0.1) is 5.69 Å². The van der Waals surface area contributed by atoms with Crippen LogP contribution in [0.25, 0.3) is 0 Å². The number of nitrogens with zero attached hydrogens (tertiary/aromatic N) is 1. The Balaban J connectivity index is 2.21. The van der Waals surface area contributed by atoms with E-state index in [2.05, 4.69) is 10.3 Å². The summed E-state index contributed by atoms with van der Waals surface area (Å²) in [5, 5.41) is 2.90. The number of aryl methyl sites for hydroxylation is 1. The molecule has 1 aromatic heterocycles. The quantitative estimate of drug-likeness (QED) is 0.834. The molecule has 1 aromatic carbocycles. The highest BCUT2D eigenvalue weighted by atomic mass is 32.1. The van der Waals surface area contributed by atoms with Crippen LogP contribution in [0.4, 0.5) is 15.9 Å². The van der Waals surface area contributed by atoms with Gasteiger partial charge in [0.25, 0.3) is 0 Å². The van der Waals surface area contributed by atoms with Crippen LogP contribution in [0.1, 0.15) is 11.1 Å². The second kappa shape index (κ2) is 5.10. The van der Waals surface area contributed by atoms with Gasteiger partial charge in [-0.15, -0.1) is 0 Å². The van der Waals surface area contributed by atoms with Crippen molar-refractivity contribution in [3.05, 3.63) is 53.5 Å². The lowest BCUT2D eigenvalue weighted by molar-refractivity contribution is 0.630. The monoisotopic (exact) mass is 261 g/mol. The summed E-state index contributed by atoms with van der Waals surface area (Å²) in [5.74, 6) is 0.230. The molecular weight excluding hydrogens is 249 g/mol. The SMILES string of the molecule is Cc1ccc(Nc2ccc(C(N)=S)cn2)c(F)c1. The fourth-order valence-corrected chi connectivity index (χ4v) is 1.59. The molecule has 0 saturated heterocycles. The van der Waals surface area contributed by atoms with Crippen LogP contribution in [0.15, 0.2) is 36.5 Å². The molecule has 3 nitrogen and oxygen atoms in total. The number of aromatic nitrogens is 1. The van der Waals surface area contributed by atoms with E-state index < -0.39 is 0 Å². The third-order valence-electron chi connectivity index (χ3n) is 2.44. The van der Waals surface area contributed by atoms with Gasteiger partial charge in [-0.3, -0.25) is 0 Å². The third-order valence-corrected chi connectivity index (χ3v) is 2.67. The number of anilines is 2. The van der Waals surface area contributed by atoms with Crippen LogP contribution >= 0.6 is 12.2 Å². The largest absolute Gasteiger partial charge is 0.389 e. The van der Waals surface area contributed by atoms with E-state index in [4.69, 9.17) is 18.0 Å². The van der Waals surface area contributed by atoms with Gasteiger partial charge in [-0.1, -0.05) is 18.3 Å². The fourth-order valence-electron chi connectivity index (χ4n) is 1.47. The van der Waals surface area contributed by atoms with Crippen molar-refractivity contribution < 1.29 is 4.39 Å². The zero-order chi connectivity index (χ0) is 13.1. The maximum atomic E-state index is 13.6. The van der Waals surface area contributed by atoms with Crippen molar-refractivity contribution in [2.45, 2.75) is 6.92 Å². The van der Waals surface area contributed by atoms with Crippen molar-refractivity contribution in [2.75, 3.05) is 5.32 Å². The number of halogens is 1. The molecule has 0 aliphatic carbocycles. The molecule has 0 radical (unpaired) electrons. The standard InChI is InChI=1S/C13H12FN3S/c1-8-2-4-11(10(14)6-8)17-12-5-3-9(7-16-12)13(15)18/h2-7H,1H3,(H2,15,18)(H,16,17). The van der Waals surface area contributed by atoms with E-state index in [9.17, 15) is 4.39 Å². The molecule has 0 amide bonds. The molecule has 0 saturated carbocycles. The first-order valence-corrected chi connectivity index (χ1v) is 5.76. The Bertz CT molecular complexity index is 581. The summed E-state index contributed by atoms with van der Waals surface area (Å²) >= 11 is 4.83. The maximum Gasteiger partial charge on any atom is 0.146 e.